The molecule has 0 heterocycles. The van der Waals surface area contributed by atoms with Gasteiger partial charge >= 0.3 is 0 Å². The summed E-state index contributed by atoms with van der Waals surface area (Å²) in [5.74, 6) is 5.17. The fourth-order valence-corrected chi connectivity index (χ4v) is 1.77. The van der Waals surface area contributed by atoms with Crippen molar-refractivity contribution >= 4 is 15.9 Å². The molecule has 15 heavy (non-hydrogen) atoms. The van der Waals surface area contributed by atoms with E-state index in [1.165, 1.54) is 6.07 Å². The maximum atomic E-state index is 13.5. The standard InChI is InChI=1S/C10H15BrFN3/c1-15(2)6-10(14-13)8-5-7(11)3-4-9(8)12/h3-5,10,14H,6,13H2,1-2H3. The molecule has 0 aromatic heterocycles. The van der Waals surface area contributed by atoms with Gasteiger partial charge in [0, 0.05) is 16.6 Å². The first kappa shape index (κ1) is 12.6. The fourth-order valence-electron chi connectivity index (χ4n) is 1.39. The molecule has 5 heteroatoms. The van der Waals surface area contributed by atoms with Crippen molar-refractivity contribution in [2.24, 2.45) is 5.84 Å². The van der Waals surface area contributed by atoms with E-state index in [-0.39, 0.29) is 11.9 Å². The van der Waals surface area contributed by atoms with Crippen LogP contribution in [0.15, 0.2) is 22.7 Å². The predicted octanol–water partition coefficient (Wildman–Crippen LogP) is 1.65. The minimum atomic E-state index is -0.247. The molecule has 0 aliphatic heterocycles. The molecule has 1 unspecified atom stereocenters. The summed E-state index contributed by atoms with van der Waals surface area (Å²) < 4.78 is 14.4. The number of nitrogens with zero attached hydrogens (tertiary/aromatic N) is 1. The lowest BCUT2D eigenvalue weighted by Crippen LogP contribution is -2.36. The van der Waals surface area contributed by atoms with E-state index >= 15 is 0 Å². The number of likely N-dealkylation sites (N-methyl/N-ethyl adjacent to an activating group) is 1. The molecule has 0 aliphatic rings. The van der Waals surface area contributed by atoms with Gasteiger partial charge < -0.3 is 4.90 Å². The summed E-state index contributed by atoms with van der Waals surface area (Å²) in [5.41, 5.74) is 3.19. The summed E-state index contributed by atoms with van der Waals surface area (Å²) in [4.78, 5) is 1.95. The van der Waals surface area contributed by atoms with Gasteiger partial charge in [0.1, 0.15) is 5.82 Å². The summed E-state index contributed by atoms with van der Waals surface area (Å²) in [5, 5.41) is 0. The van der Waals surface area contributed by atoms with Gasteiger partial charge in [-0.15, -0.1) is 0 Å². The van der Waals surface area contributed by atoms with E-state index in [1.807, 2.05) is 19.0 Å². The van der Waals surface area contributed by atoms with Crippen LogP contribution in [0.1, 0.15) is 11.6 Å². The van der Waals surface area contributed by atoms with Gasteiger partial charge in [0.25, 0.3) is 0 Å². The average Bonchev–Trinajstić information content (AvgIpc) is 2.18. The fraction of sp³-hybridized carbons (Fsp3) is 0.400. The Bertz CT molecular complexity index is 330. The second-order valence-corrected chi connectivity index (χ2v) is 4.56. The Labute approximate surface area is 97.5 Å². The molecule has 0 spiro atoms. The van der Waals surface area contributed by atoms with Crippen LogP contribution in [-0.2, 0) is 0 Å². The van der Waals surface area contributed by atoms with Gasteiger partial charge in [-0.25, -0.2) is 4.39 Å². The number of nitrogens with two attached hydrogens (primary N) is 1. The third kappa shape index (κ3) is 3.53. The van der Waals surface area contributed by atoms with Gasteiger partial charge in [-0.05, 0) is 32.3 Å². The third-order valence-corrected chi connectivity index (χ3v) is 2.58. The van der Waals surface area contributed by atoms with Crippen molar-refractivity contribution in [2.45, 2.75) is 6.04 Å². The number of hydrogen-bond acceptors (Lipinski definition) is 3. The Morgan fingerprint density at radius 1 is 1.53 bits per heavy atom. The highest BCUT2D eigenvalue weighted by Gasteiger charge is 2.15. The van der Waals surface area contributed by atoms with E-state index < -0.39 is 0 Å². The Hall–Kier alpha value is -0.490. The molecule has 0 saturated carbocycles. The van der Waals surface area contributed by atoms with Crippen molar-refractivity contribution in [1.82, 2.24) is 10.3 Å². The summed E-state index contributed by atoms with van der Waals surface area (Å²) in [6, 6.07) is 4.63. The van der Waals surface area contributed by atoms with E-state index in [9.17, 15) is 4.39 Å². The van der Waals surface area contributed by atoms with Gasteiger partial charge in [0.2, 0.25) is 0 Å². The van der Waals surface area contributed by atoms with Gasteiger partial charge in [-0.2, -0.15) is 0 Å². The normalized spacial score (nSPS) is 13.2. The SMILES string of the molecule is CN(C)CC(NN)c1cc(Br)ccc1F. The van der Waals surface area contributed by atoms with Crippen LogP contribution < -0.4 is 11.3 Å². The lowest BCUT2D eigenvalue weighted by molar-refractivity contribution is 0.339. The smallest absolute Gasteiger partial charge is 0.128 e. The molecule has 0 amide bonds. The van der Waals surface area contributed by atoms with Gasteiger partial charge in [0.15, 0.2) is 0 Å². The van der Waals surface area contributed by atoms with Crippen LogP contribution in [0.5, 0.6) is 0 Å². The molecule has 84 valence electrons. The van der Waals surface area contributed by atoms with Gasteiger partial charge in [-0.3, -0.25) is 11.3 Å². The van der Waals surface area contributed by atoms with Crippen molar-refractivity contribution in [2.75, 3.05) is 20.6 Å². The number of hydrogen-bond donors (Lipinski definition) is 2. The zero-order valence-corrected chi connectivity index (χ0v) is 10.4. The van der Waals surface area contributed by atoms with Crippen molar-refractivity contribution in [3.63, 3.8) is 0 Å². The maximum absolute atomic E-state index is 13.5. The Morgan fingerprint density at radius 2 is 2.20 bits per heavy atom. The minimum absolute atomic E-state index is 0.211. The predicted molar refractivity (Wildman–Crippen MR) is 62.7 cm³/mol. The lowest BCUT2D eigenvalue weighted by Gasteiger charge is -2.21. The molecular weight excluding hydrogens is 261 g/mol. The molecule has 1 aromatic carbocycles. The number of rotatable bonds is 4. The second-order valence-electron chi connectivity index (χ2n) is 3.65. The quantitative estimate of drug-likeness (QED) is 0.649. The Kier molecular flexibility index (Phi) is 4.66. The largest absolute Gasteiger partial charge is 0.307 e. The first-order valence-electron chi connectivity index (χ1n) is 4.60. The van der Waals surface area contributed by atoms with Gasteiger partial charge in [-0.1, -0.05) is 15.9 Å². The molecule has 0 radical (unpaired) electrons. The zero-order chi connectivity index (χ0) is 11.4. The first-order chi connectivity index (χ1) is 7.04. The number of hydrazine groups is 1. The van der Waals surface area contributed by atoms with E-state index in [2.05, 4.69) is 21.4 Å². The van der Waals surface area contributed by atoms with E-state index in [1.54, 1.807) is 12.1 Å². The summed E-state index contributed by atoms with van der Waals surface area (Å²) in [6.45, 7) is 0.643. The molecule has 1 atom stereocenters. The Balaban J connectivity index is 2.95. The second kappa shape index (κ2) is 5.55. The molecule has 0 bridgehead atoms. The highest BCUT2D eigenvalue weighted by molar-refractivity contribution is 9.10. The van der Waals surface area contributed by atoms with E-state index in [0.29, 0.717) is 12.1 Å². The highest BCUT2D eigenvalue weighted by Crippen LogP contribution is 2.21. The number of nitrogens with one attached hydrogen (secondary N) is 1. The van der Waals surface area contributed by atoms with Crippen molar-refractivity contribution in [1.29, 1.82) is 0 Å². The van der Waals surface area contributed by atoms with Crippen LogP contribution in [0.2, 0.25) is 0 Å². The molecule has 1 rings (SSSR count). The first-order valence-corrected chi connectivity index (χ1v) is 5.39. The van der Waals surface area contributed by atoms with Crippen LogP contribution >= 0.6 is 15.9 Å². The third-order valence-electron chi connectivity index (χ3n) is 2.08. The van der Waals surface area contributed by atoms with E-state index in [4.69, 9.17) is 5.84 Å². The average molecular weight is 276 g/mol. The number of halogens is 2. The van der Waals surface area contributed by atoms with Crippen LogP contribution in [-0.4, -0.2) is 25.5 Å². The molecule has 1 aromatic rings. The van der Waals surface area contributed by atoms with Crippen molar-refractivity contribution < 1.29 is 4.39 Å². The topological polar surface area (TPSA) is 41.3 Å². The van der Waals surface area contributed by atoms with Crippen molar-refractivity contribution in [3.05, 3.63) is 34.1 Å². The van der Waals surface area contributed by atoms with Crippen LogP contribution in [0.25, 0.3) is 0 Å². The minimum Gasteiger partial charge on any atom is -0.307 e. The summed E-state index contributed by atoms with van der Waals surface area (Å²) in [7, 11) is 3.83. The van der Waals surface area contributed by atoms with Gasteiger partial charge in [0.05, 0.1) is 6.04 Å². The number of benzene rings is 1. The molecular formula is C10H15BrFN3. The Morgan fingerprint density at radius 3 is 2.73 bits per heavy atom. The summed E-state index contributed by atoms with van der Waals surface area (Å²) >= 11 is 3.31. The van der Waals surface area contributed by atoms with Crippen LogP contribution in [0.4, 0.5) is 4.39 Å². The zero-order valence-electron chi connectivity index (χ0n) is 8.80. The van der Waals surface area contributed by atoms with Crippen LogP contribution in [0, 0.1) is 5.82 Å². The lowest BCUT2D eigenvalue weighted by atomic mass is 10.1. The van der Waals surface area contributed by atoms with E-state index in [0.717, 1.165) is 4.47 Å². The highest BCUT2D eigenvalue weighted by atomic mass is 79.9. The summed E-state index contributed by atoms with van der Waals surface area (Å²) in [6.07, 6.45) is 0. The molecule has 0 aliphatic carbocycles. The van der Waals surface area contributed by atoms with Crippen LogP contribution in [0.3, 0.4) is 0 Å². The molecule has 3 nitrogen and oxygen atoms in total. The molecule has 3 N–H and O–H groups in total. The molecule has 0 saturated heterocycles. The monoisotopic (exact) mass is 275 g/mol. The van der Waals surface area contributed by atoms with Crippen molar-refractivity contribution in [3.8, 4) is 0 Å². The molecule has 0 fully saturated rings. The maximum Gasteiger partial charge on any atom is 0.128 e.